The summed E-state index contributed by atoms with van der Waals surface area (Å²) >= 11 is 0. The normalized spacial score (nSPS) is 10.6. The second kappa shape index (κ2) is 13.2. The summed E-state index contributed by atoms with van der Waals surface area (Å²) in [4.78, 5) is 29.6. The Kier molecular flexibility index (Phi) is 9.74. The Labute approximate surface area is 206 Å². The van der Waals surface area contributed by atoms with Crippen molar-refractivity contribution in [3.8, 4) is 5.75 Å². The van der Waals surface area contributed by atoms with Crippen LogP contribution in [0.5, 0.6) is 5.75 Å². The van der Waals surface area contributed by atoms with E-state index in [2.05, 4.69) is 5.32 Å². The van der Waals surface area contributed by atoms with Crippen LogP contribution in [0.4, 0.5) is 10.5 Å². The third-order valence-electron chi connectivity index (χ3n) is 5.53. The molecule has 0 atom stereocenters. The summed E-state index contributed by atoms with van der Waals surface area (Å²) in [5.74, 6) is 2.01. The number of hydrogen-bond acceptors (Lipinski definition) is 5. The summed E-state index contributed by atoms with van der Waals surface area (Å²) in [6.07, 6.45) is 0.697. The van der Waals surface area contributed by atoms with E-state index in [1.54, 1.807) is 43.4 Å². The highest BCUT2D eigenvalue weighted by atomic mass is 16.5. The van der Waals surface area contributed by atoms with E-state index in [1.165, 1.54) is 4.90 Å². The van der Waals surface area contributed by atoms with Gasteiger partial charge in [-0.25, -0.2) is 4.79 Å². The van der Waals surface area contributed by atoms with Gasteiger partial charge in [0, 0.05) is 25.9 Å². The van der Waals surface area contributed by atoms with Crippen molar-refractivity contribution in [2.75, 3.05) is 45.8 Å². The van der Waals surface area contributed by atoms with E-state index in [0.29, 0.717) is 43.3 Å². The number of carbonyl (C=O) groups excluding carboxylic acids is 2. The monoisotopic (exact) mass is 479 g/mol. The molecule has 35 heavy (non-hydrogen) atoms. The highest BCUT2D eigenvalue weighted by molar-refractivity contribution is 5.92. The molecule has 1 N–H and O–H groups in total. The highest BCUT2D eigenvalue weighted by Gasteiger charge is 2.22. The molecule has 3 amide bonds. The van der Waals surface area contributed by atoms with Gasteiger partial charge >= 0.3 is 6.03 Å². The third kappa shape index (κ3) is 8.19. The lowest BCUT2D eigenvalue weighted by molar-refractivity contribution is -0.132. The van der Waals surface area contributed by atoms with Gasteiger partial charge in [0.05, 0.1) is 20.3 Å². The highest BCUT2D eigenvalue weighted by Crippen LogP contribution is 2.16. The summed E-state index contributed by atoms with van der Waals surface area (Å²) in [5, 5.41) is 2.84. The van der Waals surface area contributed by atoms with Crippen molar-refractivity contribution in [1.82, 2.24) is 9.80 Å². The molecule has 3 rings (SSSR count). The molecular weight excluding hydrogens is 446 g/mol. The molecule has 0 fully saturated rings. The Balaban J connectivity index is 1.70. The summed E-state index contributed by atoms with van der Waals surface area (Å²) in [5.41, 5.74) is 1.74. The zero-order chi connectivity index (χ0) is 25.0. The van der Waals surface area contributed by atoms with Crippen molar-refractivity contribution in [2.45, 2.75) is 19.9 Å². The van der Waals surface area contributed by atoms with E-state index in [-0.39, 0.29) is 25.0 Å². The first-order valence-corrected chi connectivity index (χ1v) is 11.5. The van der Waals surface area contributed by atoms with Gasteiger partial charge in [0.15, 0.2) is 0 Å². The van der Waals surface area contributed by atoms with Gasteiger partial charge < -0.3 is 29.0 Å². The molecule has 0 saturated carbocycles. The molecule has 8 nitrogen and oxygen atoms in total. The third-order valence-corrected chi connectivity index (χ3v) is 5.53. The smallest absolute Gasteiger partial charge is 0.322 e. The van der Waals surface area contributed by atoms with Gasteiger partial charge in [-0.3, -0.25) is 4.79 Å². The van der Waals surface area contributed by atoms with E-state index >= 15 is 0 Å². The Morgan fingerprint density at radius 1 is 0.914 bits per heavy atom. The SMILES string of the molecule is COCCN(CC(=O)N(CCc1ccccc1)Cc1ccc(C)o1)C(=O)Nc1ccc(OC)cc1. The summed E-state index contributed by atoms with van der Waals surface area (Å²) < 4.78 is 16.0. The van der Waals surface area contributed by atoms with Gasteiger partial charge in [-0.2, -0.15) is 0 Å². The first kappa shape index (κ1) is 25.8. The molecule has 0 unspecified atom stereocenters. The lowest BCUT2D eigenvalue weighted by Gasteiger charge is -2.27. The number of anilines is 1. The van der Waals surface area contributed by atoms with Crippen LogP contribution in [-0.2, 0) is 22.5 Å². The van der Waals surface area contributed by atoms with E-state index in [9.17, 15) is 9.59 Å². The molecule has 2 aromatic carbocycles. The van der Waals surface area contributed by atoms with E-state index < -0.39 is 0 Å². The molecule has 0 aliphatic heterocycles. The van der Waals surface area contributed by atoms with Crippen molar-refractivity contribution >= 4 is 17.6 Å². The van der Waals surface area contributed by atoms with Crippen molar-refractivity contribution in [2.24, 2.45) is 0 Å². The van der Waals surface area contributed by atoms with Gasteiger partial charge in [-0.05, 0) is 55.3 Å². The number of methoxy groups -OCH3 is 2. The van der Waals surface area contributed by atoms with Crippen LogP contribution in [0.3, 0.4) is 0 Å². The van der Waals surface area contributed by atoms with Crippen molar-refractivity contribution in [3.63, 3.8) is 0 Å². The number of furan rings is 1. The van der Waals surface area contributed by atoms with Crippen molar-refractivity contribution in [1.29, 1.82) is 0 Å². The molecule has 0 spiro atoms. The van der Waals surface area contributed by atoms with Gasteiger partial charge in [0.1, 0.15) is 23.8 Å². The Hall–Kier alpha value is -3.78. The number of nitrogens with zero attached hydrogens (tertiary/aromatic N) is 2. The van der Waals surface area contributed by atoms with Crippen molar-refractivity contribution in [3.05, 3.63) is 83.8 Å². The molecule has 1 aromatic heterocycles. The molecule has 0 bridgehead atoms. The Morgan fingerprint density at radius 2 is 1.66 bits per heavy atom. The molecule has 1 heterocycles. The number of ether oxygens (including phenoxy) is 2. The fourth-order valence-electron chi connectivity index (χ4n) is 3.55. The summed E-state index contributed by atoms with van der Waals surface area (Å²) in [6, 6.07) is 20.4. The van der Waals surface area contributed by atoms with Crippen LogP contribution in [0.1, 0.15) is 17.1 Å². The average Bonchev–Trinajstić information content (AvgIpc) is 3.29. The maximum atomic E-state index is 13.4. The quantitative estimate of drug-likeness (QED) is 0.418. The zero-order valence-corrected chi connectivity index (χ0v) is 20.5. The topological polar surface area (TPSA) is 84.2 Å². The van der Waals surface area contributed by atoms with Crippen LogP contribution in [0.2, 0.25) is 0 Å². The molecular formula is C27H33N3O5. The molecule has 186 valence electrons. The molecule has 0 aliphatic rings. The standard InChI is InChI=1S/C27H33N3O5/c1-21-9-12-25(35-21)19-29(16-15-22-7-5-4-6-8-22)26(31)20-30(17-18-33-2)27(32)28-23-10-13-24(34-3)14-11-23/h4-14H,15-20H2,1-3H3,(H,28,32). The number of aryl methyl sites for hydroxylation is 1. The largest absolute Gasteiger partial charge is 0.497 e. The molecule has 0 radical (unpaired) electrons. The number of hydrogen-bond donors (Lipinski definition) is 1. The minimum atomic E-state index is -0.377. The predicted octanol–water partition coefficient (Wildman–Crippen LogP) is 4.35. The van der Waals surface area contributed by atoms with Crippen LogP contribution < -0.4 is 10.1 Å². The van der Waals surface area contributed by atoms with Crippen molar-refractivity contribution < 1.29 is 23.5 Å². The summed E-state index contributed by atoms with van der Waals surface area (Å²) in [7, 11) is 3.14. The van der Waals surface area contributed by atoms with Gasteiger partial charge in [-0.1, -0.05) is 30.3 Å². The van der Waals surface area contributed by atoms with E-state index in [0.717, 1.165) is 11.3 Å². The molecule has 8 heteroatoms. The Morgan fingerprint density at radius 3 is 2.29 bits per heavy atom. The van der Waals surface area contributed by atoms with Gasteiger partial charge in [0.2, 0.25) is 5.91 Å². The Bertz CT molecular complexity index is 1070. The van der Waals surface area contributed by atoms with Crippen LogP contribution in [-0.4, -0.2) is 62.2 Å². The van der Waals surface area contributed by atoms with Crippen LogP contribution in [0, 0.1) is 6.92 Å². The van der Waals surface area contributed by atoms with E-state index in [4.69, 9.17) is 13.9 Å². The molecule has 0 aliphatic carbocycles. The second-order valence-corrected chi connectivity index (χ2v) is 8.14. The minimum Gasteiger partial charge on any atom is -0.497 e. The van der Waals surface area contributed by atoms with Crippen LogP contribution >= 0.6 is 0 Å². The van der Waals surface area contributed by atoms with Gasteiger partial charge in [0.25, 0.3) is 0 Å². The predicted molar refractivity (Wildman–Crippen MR) is 134 cm³/mol. The number of benzene rings is 2. The minimum absolute atomic E-state index is 0.0835. The lowest BCUT2D eigenvalue weighted by atomic mass is 10.1. The maximum Gasteiger partial charge on any atom is 0.322 e. The maximum absolute atomic E-state index is 13.4. The van der Waals surface area contributed by atoms with Gasteiger partial charge in [-0.15, -0.1) is 0 Å². The number of carbonyl (C=O) groups is 2. The van der Waals surface area contributed by atoms with Crippen LogP contribution in [0.25, 0.3) is 0 Å². The fraction of sp³-hybridized carbons (Fsp3) is 0.333. The average molecular weight is 480 g/mol. The number of nitrogens with one attached hydrogen (secondary N) is 1. The first-order valence-electron chi connectivity index (χ1n) is 11.5. The lowest BCUT2D eigenvalue weighted by Crippen LogP contribution is -2.46. The van der Waals surface area contributed by atoms with Crippen LogP contribution in [0.15, 0.2) is 71.1 Å². The summed E-state index contributed by atoms with van der Waals surface area (Å²) in [6.45, 7) is 3.20. The fourth-order valence-corrected chi connectivity index (χ4v) is 3.55. The number of amides is 3. The molecule has 0 saturated heterocycles. The first-order chi connectivity index (χ1) is 17.0. The molecule has 3 aromatic rings. The number of rotatable bonds is 12. The second-order valence-electron chi connectivity index (χ2n) is 8.14. The number of urea groups is 1. The van der Waals surface area contributed by atoms with E-state index in [1.807, 2.05) is 49.4 Å². The zero-order valence-electron chi connectivity index (χ0n) is 20.5.